The molecule has 0 unspecified atom stereocenters. The largest absolute Gasteiger partial charge is 0.477 e. The molecule has 1 aromatic heterocycles. The van der Waals surface area contributed by atoms with E-state index in [9.17, 15) is 9.90 Å². The van der Waals surface area contributed by atoms with Gasteiger partial charge in [-0.05, 0) is 34.9 Å². The van der Waals surface area contributed by atoms with Crippen LogP contribution in [0.15, 0.2) is 38.8 Å². The molecule has 5 nitrogen and oxygen atoms in total. The molecule has 22 heavy (non-hydrogen) atoms. The first kappa shape index (κ1) is 16.3. The third-order valence-corrected chi connectivity index (χ3v) is 3.91. The average Bonchev–Trinajstić information content (AvgIpc) is 2.94. The molecular weight excluding hydrogens is 300 g/mol. The van der Waals surface area contributed by atoms with Crippen LogP contribution in [0.3, 0.4) is 0 Å². The van der Waals surface area contributed by atoms with Crippen molar-refractivity contribution in [3.05, 3.63) is 46.2 Å². The van der Waals surface area contributed by atoms with E-state index < -0.39 is 5.97 Å². The van der Waals surface area contributed by atoms with Gasteiger partial charge >= 0.3 is 5.97 Å². The van der Waals surface area contributed by atoms with E-state index in [1.807, 2.05) is 31.2 Å². The van der Waals surface area contributed by atoms with E-state index in [0.29, 0.717) is 18.2 Å². The second-order valence-corrected chi connectivity index (χ2v) is 6.05. The molecule has 0 saturated carbocycles. The van der Waals surface area contributed by atoms with Gasteiger partial charge in [0.15, 0.2) is 0 Å². The Morgan fingerprint density at radius 3 is 2.50 bits per heavy atom. The Balaban J connectivity index is 2.21. The highest BCUT2D eigenvalue weighted by atomic mass is 32.2. The number of hydrogen-bond acceptors (Lipinski definition) is 5. The maximum Gasteiger partial charge on any atom is 0.342 e. The molecule has 116 valence electrons. The number of aliphatic carboxylic acids is 1. The van der Waals surface area contributed by atoms with Crippen molar-refractivity contribution in [1.29, 1.82) is 0 Å². The minimum Gasteiger partial charge on any atom is -0.477 e. The monoisotopic (exact) mass is 318 g/mol. The molecule has 6 heteroatoms. The second kappa shape index (κ2) is 7.26. The van der Waals surface area contributed by atoms with Crippen molar-refractivity contribution in [1.82, 2.24) is 10.2 Å². The van der Waals surface area contributed by atoms with Crippen LogP contribution in [0, 0.1) is 0 Å². The van der Waals surface area contributed by atoms with Gasteiger partial charge in [-0.15, -0.1) is 10.2 Å². The zero-order valence-electron chi connectivity index (χ0n) is 12.7. The smallest absolute Gasteiger partial charge is 0.342 e. The summed E-state index contributed by atoms with van der Waals surface area (Å²) in [5, 5.41) is 17.2. The van der Waals surface area contributed by atoms with Crippen LogP contribution < -0.4 is 0 Å². The highest BCUT2D eigenvalue weighted by molar-refractivity contribution is 8.03. The lowest BCUT2D eigenvalue weighted by Gasteiger charge is -2.05. The van der Waals surface area contributed by atoms with Crippen LogP contribution >= 0.6 is 11.8 Å². The number of thioether (sulfide) groups is 1. The Hall–Kier alpha value is -2.08. The van der Waals surface area contributed by atoms with E-state index in [4.69, 9.17) is 4.42 Å². The highest BCUT2D eigenvalue weighted by Crippen LogP contribution is 2.28. The van der Waals surface area contributed by atoms with E-state index in [-0.39, 0.29) is 10.1 Å². The van der Waals surface area contributed by atoms with Crippen molar-refractivity contribution in [2.24, 2.45) is 0 Å². The Kier molecular flexibility index (Phi) is 5.38. The molecule has 0 aliphatic rings. The van der Waals surface area contributed by atoms with Crippen molar-refractivity contribution in [3.63, 3.8) is 0 Å². The molecule has 1 heterocycles. The molecule has 0 spiro atoms. The van der Waals surface area contributed by atoms with E-state index in [0.717, 1.165) is 17.3 Å². The zero-order chi connectivity index (χ0) is 16.1. The van der Waals surface area contributed by atoms with Crippen molar-refractivity contribution >= 4 is 23.8 Å². The first-order valence-electron chi connectivity index (χ1n) is 7.04. The molecule has 0 aliphatic heterocycles. The van der Waals surface area contributed by atoms with Gasteiger partial charge in [-0.25, -0.2) is 4.79 Å². The predicted octanol–water partition coefficient (Wildman–Crippen LogP) is 3.97. The van der Waals surface area contributed by atoms with Gasteiger partial charge in [0, 0.05) is 6.42 Å². The summed E-state index contributed by atoms with van der Waals surface area (Å²) in [6, 6.07) is 7.82. The lowest BCUT2D eigenvalue weighted by molar-refractivity contribution is -0.131. The highest BCUT2D eigenvalue weighted by Gasteiger charge is 2.14. The van der Waals surface area contributed by atoms with Crippen LogP contribution in [-0.4, -0.2) is 21.3 Å². The number of hydrogen-bond donors (Lipinski definition) is 1. The normalized spacial score (nSPS) is 11.9. The number of nitrogens with zero attached hydrogens (tertiary/aromatic N) is 2. The summed E-state index contributed by atoms with van der Waals surface area (Å²) in [6.45, 7) is 6.13. The Morgan fingerprint density at radius 2 is 2.00 bits per heavy atom. The number of benzene rings is 1. The van der Waals surface area contributed by atoms with Crippen molar-refractivity contribution in [2.75, 3.05) is 0 Å². The van der Waals surface area contributed by atoms with Crippen LogP contribution in [0.2, 0.25) is 0 Å². The van der Waals surface area contributed by atoms with Gasteiger partial charge in [0.2, 0.25) is 5.89 Å². The molecule has 0 amide bonds. The molecular formula is C16H18N2O3S. The third kappa shape index (κ3) is 4.21. The summed E-state index contributed by atoms with van der Waals surface area (Å²) in [5.41, 5.74) is 2.04. The van der Waals surface area contributed by atoms with Crippen LogP contribution in [-0.2, 0) is 11.2 Å². The van der Waals surface area contributed by atoms with Crippen LogP contribution in [0.4, 0.5) is 0 Å². The topological polar surface area (TPSA) is 76.2 Å². The van der Waals surface area contributed by atoms with Crippen molar-refractivity contribution < 1.29 is 14.3 Å². The van der Waals surface area contributed by atoms with Gasteiger partial charge in [0.25, 0.3) is 5.22 Å². The Morgan fingerprint density at radius 1 is 1.32 bits per heavy atom. The van der Waals surface area contributed by atoms with Gasteiger partial charge < -0.3 is 9.52 Å². The van der Waals surface area contributed by atoms with E-state index in [1.165, 1.54) is 5.56 Å². The van der Waals surface area contributed by atoms with E-state index >= 15 is 0 Å². The maximum atomic E-state index is 11.4. The van der Waals surface area contributed by atoms with Crippen LogP contribution in [0.1, 0.15) is 43.7 Å². The summed E-state index contributed by atoms with van der Waals surface area (Å²) in [7, 11) is 0. The van der Waals surface area contributed by atoms with Gasteiger partial charge in [-0.3, -0.25) is 0 Å². The lowest BCUT2D eigenvalue weighted by Crippen LogP contribution is -1.97. The fourth-order valence-corrected chi connectivity index (χ4v) is 2.47. The van der Waals surface area contributed by atoms with Crippen LogP contribution in [0.25, 0.3) is 6.08 Å². The second-order valence-electron chi connectivity index (χ2n) is 5.05. The minimum atomic E-state index is -1.02. The van der Waals surface area contributed by atoms with E-state index in [2.05, 4.69) is 24.0 Å². The number of aromatic nitrogens is 2. The summed E-state index contributed by atoms with van der Waals surface area (Å²) < 4.78 is 5.34. The Labute approximate surface area is 133 Å². The molecule has 0 fully saturated rings. The first-order chi connectivity index (χ1) is 10.5. The molecule has 0 radical (unpaired) electrons. The predicted molar refractivity (Wildman–Crippen MR) is 85.7 cm³/mol. The zero-order valence-corrected chi connectivity index (χ0v) is 13.6. The maximum absolute atomic E-state index is 11.4. The SMILES string of the molecule is CCc1nnc(S/C(=C\c2ccc(C(C)C)cc2)C(=O)O)o1. The summed E-state index contributed by atoms with van der Waals surface area (Å²) in [4.78, 5) is 11.5. The summed E-state index contributed by atoms with van der Waals surface area (Å²) >= 11 is 0.960. The van der Waals surface area contributed by atoms with Gasteiger partial charge in [0.05, 0.1) is 0 Å². The standard InChI is InChI=1S/C16H18N2O3S/c1-4-14-17-18-16(21-14)22-13(15(19)20)9-11-5-7-12(8-6-11)10(2)3/h5-10H,4H2,1-3H3,(H,19,20)/b13-9-. The van der Waals surface area contributed by atoms with Gasteiger partial charge in [-0.1, -0.05) is 45.0 Å². The molecule has 0 aliphatic carbocycles. The molecule has 1 aromatic carbocycles. The van der Waals surface area contributed by atoms with E-state index in [1.54, 1.807) is 6.08 Å². The summed E-state index contributed by atoms with van der Waals surface area (Å²) in [6.07, 6.45) is 2.23. The molecule has 2 rings (SSSR count). The number of carbonyl (C=O) groups is 1. The van der Waals surface area contributed by atoms with Crippen molar-refractivity contribution in [2.45, 2.75) is 38.3 Å². The van der Waals surface area contributed by atoms with Crippen LogP contribution in [0.5, 0.6) is 0 Å². The lowest BCUT2D eigenvalue weighted by atomic mass is 10.0. The number of carboxylic acids is 1. The fourth-order valence-electron chi connectivity index (χ4n) is 1.78. The summed E-state index contributed by atoms with van der Waals surface area (Å²) in [5.74, 6) is -0.0834. The number of rotatable bonds is 6. The minimum absolute atomic E-state index is 0.142. The third-order valence-electron chi connectivity index (χ3n) is 3.06. The first-order valence-corrected chi connectivity index (χ1v) is 7.86. The number of carboxylic acid groups (broad SMARTS) is 1. The van der Waals surface area contributed by atoms with Crippen molar-refractivity contribution in [3.8, 4) is 0 Å². The van der Waals surface area contributed by atoms with Gasteiger partial charge in [0.1, 0.15) is 4.91 Å². The fraction of sp³-hybridized carbons (Fsp3) is 0.312. The van der Waals surface area contributed by atoms with Gasteiger partial charge in [-0.2, -0.15) is 0 Å². The molecule has 0 saturated heterocycles. The molecule has 2 aromatic rings. The molecule has 0 atom stereocenters. The average molecular weight is 318 g/mol. The molecule has 0 bridgehead atoms. The number of aryl methyl sites for hydroxylation is 1. The molecule has 1 N–H and O–H groups in total. The quantitative estimate of drug-likeness (QED) is 0.641. The Bertz CT molecular complexity index is 675.